The first kappa shape index (κ1) is 17.4. The van der Waals surface area contributed by atoms with E-state index in [4.69, 9.17) is 4.52 Å². The molecule has 9 heteroatoms. The highest BCUT2D eigenvalue weighted by Crippen LogP contribution is 2.19. The number of aromatic nitrogens is 1. The number of ether oxygens (including phenoxy) is 1. The number of benzene rings is 1. The van der Waals surface area contributed by atoms with Crippen LogP contribution in [0.5, 0.6) is 5.75 Å². The number of sulfonamides is 1. The van der Waals surface area contributed by atoms with Crippen LogP contribution in [0.15, 0.2) is 33.7 Å². The van der Waals surface area contributed by atoms with Crippen molar-refractivity contribution < 1.29 is 26.5 Å². The van der Waals surface area contributed by atoms with Crippen molar-refractivity contribution in [3.8, 4) is 5.75 Å². The van der Waals surface area contributed by atoms with Gasteiger partial charge in [-0.3, -0.25) is 0 Å². The summed E-state index contributed by atoms with van der Waals surface area (Å²) in [7, 11) is -3.70. The number of alkyl halides is 2. The molecule has 0 fully saturated rings. The predicted molar refractivity (Wildman–Crippen MR) is 77.9 cm³/mol. The van der Waals surface area contributed by atoms with Gasteiger partial charge in [-0.25, -0.2) is 13.1 Å². The highest BCUT2D eigenvalue weighted by atomic mass is 32.2. The number of aryl methyl sites for hydroxylation is 2. The molecule has 1 aromatic carbocycles. The van der Waals surface area contributed by atoms with Crippen molar-refractivity contribution in [2.75, 3.05) is 6.54 Å². The van der Waals surface area contributed by atoms with Crippen LogP contribution in [0.3, 0.4) is 0 Å². The number of hydrogen-bond donors (Lipinski definition) is 1. The Hall–Kier alpha value is -2.00. The zero-order valence-corrected chi connectivity index (χ0v) is 13.4. The quantitative estimate of drug-likeness (QED) is 0.833. The Morgan fingerprint density at radius 3 is 2.43 bits per heavy atom. The second-order valence-corrected chi connectivity index (χ2v) is 6.53. The van der Waals surface area contributed by atoms with E-state index in [0.717, 1.165) is 5.56 Å². The first-order chi connectivity index (χ1) is 10.8. The van der Waals surface area contributed by atoms with Crippen LogP contribution in [0, 0.1) is 13.8 Å². The molecule has 1 heterocycles. The molecule has 0 amide bonds. The average molecular weight is 346 g/mol. The largest absolute Gasteiger partial charge is 0.435 e. The Morgan fingerprint density at radius 1 is 1.26 bits per heavy atom. The topological polar surface area (TPSA) is 81.4 Å². The molecular formula is C14H16F2N2O4S. The van der Waals surface area contributed by atoms with Crippen LogP contribution in [-0.2, 0) is 16.4 Å². The molecule has 23 heavy (non-hydrogen) atoms. The van der Waals surface area contributed by atoms with Crippen molar-refractivity contribution in [2.45, 2.75) is 31.8 Å². The summed E-state index contributed by atoms with van der Waals surface area (Å²) in [6.07, 6.45) is 0.400. The van der Waals surface area contributed by atoms with Crippen molar-refractivity contribution in [3.63, 3.8) is 0 Å². The molecule has 0 radical (unpaired) electrons. The Morgan fingerprint density at radius 2 is 1.91 bits per heavy atom. The second-order valence-electron chi connectivity index (χ2n) is 4.82. The third-order valence-electron chi connectivity index (χ3n) is 3.09. The molecule has 0 atom stereocenters. The smallest absolute Gasteiger partial charge is 0.387 e. The maximum Gasteiger partial charge on any atom is 0.387 e. The summed E-state index contributed by atoms with van der Waals surface area (Å²) >= 11 is 0. The van der Waals surface area contributed by atoms with E-state index in [-0.39, 0.29) is 22.9 Å². The highest BCUT2D eigenvalue weighted by molar-refractivity contribution is 7.89. The van der Waals surface area contributed by atoms with E-state index in [9.17, 15) is 17.2 Å². The standard InChI is InChI=1S/C14H16F2N2O4S/c1-9-13(10(2)22-18-9)23(19,20)17-8-7-11-3-5-12(6-4-11)21-14(15)16/h3-6,14,17H,7-8H2,1-2H3. The van der Waals surface area contributed by atoms with Crippen LogP contribution >= 0.6 is 0 Å². The molecule has 0 unspecified atom stereocenters. The molecule has 6 nitrogen and oxygen atoms in total. The van der Waals surface area contributed by atoms with Crippen LogP contribution in [0.2, 0.25) is 0 Å². The Kier molecular flexibility index (Phi) is 5.32. The molecule has 126 valence electrons. The van der Waals surface area contributed by atoms with E-state index >= 15 is 0 Å². The lowest BCUT2D eigenvalue weighted by Crippen LogP contribution is -2.26. The van der Waals surface area contributed by atoms with Crippen molar-refractivity contribution in [1.29, 1.82) is 0 Å². The van der Waals surface area contributed by atoms with Crippen molar-refractivity contribution in [1.82, 2.24) is 9.88 Å². The van der Waals surface area contributed by atoms with E-state index in [1.54, 1.807) is 19.1 Å². The molecule has 1 aromatic heterocycles. The minimum atomic E-state index is -3.70. The fraction of sp³-hybridized carbons (Fsp3) is 0.357. The minimum Gasteiger partial charge on any atom is -0.435 e. The lowest BCUT2D eigenvalue weighted by Gasteiger charge is -2.07. The van der Waals surface area contributed by atoms with Crippen LogP contribution < -0.4 is 9.46 Å². The van der Waals surface area contributed by atoms with Gasteiger partial charge in [0.2, 0.25) is 10.0 Å². The third-order valence-corrected chi connectivity index (χ3v) is 4.80. The van der Waals surface area contributed by atoms with Gasteiger partial charge in [-0.15, -0.1) is 0 Å². The number of halogens is 2. The third kappa shape index (κ3) is 4.49. The van der Waals surface area contributed by atoms with Gasteiger partial charge in [-0.05, 0) is 38.0 Å². The summed E-state index contributed by atoms with van der Waals surface area (Å²) in [6, 6.07) is 6.01. The van der Waals surface area contributed by atoms with Crippen molar-refractivity contribution in [3.05, 3.63) is 41.3 Å². The van der Waals surface area contributed by atoms with Crippen LogP contribution in [0.25, 0.3) is 0 Å². The van der Waals surface area contributed by atoms with Gasteiger partial charge in [-0.1, -0.05) is 17.3 Å². The molecular weight excluding hydrogens is 330 g/mol. The Balaban J connectivity index is 1.94. The van der Waals surface area contributed by atoms with Crippen molar-refractivity contribution >= 4 is 10.0 Å². The summed E-state index contributed by atoms with van der Waals surface area (Å²) < 4.78 is 60.0. The van der Waals surface area contributed by atoms with Gasteiger partial charge in [0, 0.05) is 6.54 Å². The second kappa shape index (κ2) is 7.05. The fourth-order valence-corrected chi connectivity index (χ4v) is 3.45. The van der Waals surface area contributed by atoms with Gasteiger partial charge in [0.15, 0.2) is 5.76 Å². The van der Waals surface area contributed by atoms with E-state index in [0.29, 0.717) is 12.1 Å². The molecule has 0 aliphatic carbocycles. The number of nitrogens with zero attached hydrogens (tertiary/aromatic N) is 1. The fourth-order valence-electron chi connectivity index (χ4n) is 2.10. The molecule has 0 bridgehead atoms. The number of hydrogen-bond acceptors (Lipinski definition) is 5. The summed E-state index contributed by atoms with van der Waals surface area (Å²) in [5.41, 5.74) is 1.08. The van der Waals surface area contributed by atoms with Gasteiger partial charge in [0.1, 0.15) is 16.3 Å². The first-order valence-electron chi connectivity index (χ1n) is 6.76. The highest BCUT2D eigenvalue weighted by Gasteiger charge is 2.23. The Bertz CT molecular complexity index is 738. The van der Waals surface area contributed by atoms with Gasteiger partial charge >= 0.3 is 6.61 Å². The molecule has 0 saturated heterocycles. The number of rotatable bonds is 7. The van der Waals surface area contributed by atoms with Crippen LogP contribution in [0.1, 0.15) is 17.0 Å². The average Bonchev–Trinajstić information content (AvgIpc) is 2.80. The molecule has 2 rings (SSSR count). The zero-order chi connectivity index (χ0) is 17.0. The van der Waals surface area contributed by atoms with E-state index in [1.807, 2.05) is 0 Å². The van der Waals surface area contributed by atoms with Crippen LogP contribution in [-0.4, -0.2) is 26.7 Å². The van der Waals surface area contributed by atoms with Gasteiger partial charge in [-0.2, -0.15) is 8.78 Å². The summed E-state index contributed by atoms with van der Waals surface area (Å²) in [4.78, 5) is 0.0400. The molecule has 0 aliphatic rings. The molecule has 2 aromatic rings. The maximum absolute atomic E-state index is 12.2. The summed E-state index contributed by atoms with van der Waals surface area (Å²) in [5.74, 6) is 0.281. The Labute approximate surface area is 132 Å². The lowest BCUT2D eigenvalue weighted by atomic mass is 10.1. The molecule has 0 aliphatic heterocycles. The molecule has 1 N–H and O–H groups in total. The van der Waals surface area contributed by atoms with E-state index in [2.05, 4.69) is 14.6 Å². The predicted octanol–water partition coefficient (Wildman–Crippen LogP) is 2.41. The van der Waals surface area contributed by atoms with Crippen LogP contribution in [0.4, 0.5) is 8.78 Å². The lowest BCUT2D eigenvalue weighted by molar-refractivity contribution is -0.0498. The van der Waals surface area contributed by atoms with Crippen molar-refractivity contribution in [2.24, 2.45) is 0 Å². The number of nitrogens with one attached hydrogen (secondary N) is 1. The molecule has 0 saturated carbocycles. The monoisotopic (exact) mass is 346 g/mol. The van der Waals surface area contributed by atoms with E-state index in [1.165, 1.54) is 19.1 Å². The van der Waals surface area contributed by atoms with Gasteiger partial charge in [0.05, 0.1) is 0 Å². The SMILES string of the molecule is Cc1noc(C)c1S(=O)(=O)NCCc1ccc(OC(F)F)cc1. The zero-order valence-electron chi connectivity index (χ0n) is 12.5. The summed E-state index contributed by atoms with van der Waals surface area (Å²) in [5, 5.41) is 3.61. The summed E-state index contributed by atoms with van der Waals surface area (Å²) in [6.45, 7) is 0.354. The normalized spacial score (nSPS) is 11.9. The minimum absolute atomic E-state index is 0.0400. The van der Waals surface area contributed by atoms with E-state index < -0.39 is 16.6 Å². The first-order valence-corrected chi connectivity index (χ1v) is 8.24. The van der Waals surface area contributed by atoms with Gasteiger partial charge in [0.25, 0.3) is 0 Å². The molecule has 0 spiro atoms. The van der Waals surface area contributed by atoms with Gasteiger partial charge < -0.3 is 9.26 Å². The maximum atomic E-state index is 12.2.